The lowest BCUT2D eigenvalue weighted by molar-refractivity contribution is -0.137. The van der Waals surface area contributed by atoms with Crippen molar-refractivity contribution in [3.05, 3.63) is 17.5 Å². The van der Waals surface area contributed by atoms with Crippen LogP contribution in [0.15, 0.2) is 6.07 Å². The molecule has 0 bridgehead atoms. The largest absolute Gasteiger partial charge is 0.338 e. The van der Waals surface area contributed by atoms with E-state index >= 15 is 0 Å². The number of amides is 1. The Balaban J connectivity index is 1.43. The van der Waals surface area contributed by atoms with Crippen LogP contribution in [0.3, 0.4) is 0 Å². The molecule has 0 N–H and O–H groups in total. The summed E-state index contributed by atoms with van der Waals surface area (Å²) < 4.78 is 25.1. The molecule has 8 heteroatoms. The quantitative estimate of drug-likeness (QED) is 0.765. The third-order valence-electron chi connectivity index (χ3n) is 5.12. The summed E-state index contributed by atoms with van der Waals surface area (Å²) in [5.74, 6) is 0.633. The molecule has 0 radical (unpaired) electrons. The molecule has 134 valence electrons. The molecule has 0 spiro atoms. The van der Waals surface area contributed by atoms with E-state index in [1.54, 1.807) is 0 Å². The molecule has 2 aliphatic heterocycles. The van der Waals surface area contributed by atoms with Gasteiger partial charge in [0, 0.05) is 37.8 Å². The van der Waals surface area contributed by atoms with E-state index in [1.165, 1.54) is 0 Å². The highest BCUT2D eigenvalue weighted by atomic mass is 32.2. The van der Waals surface area contributed by atoms with Gasteiger partial charge in [0.15, 0.2) is 9.84 Å². The van der Waals surface area contributed by atoms with E-state index in [1.807, 2.05) is 35.4 Å². The maximum Gasteiger partial charge on any atom is 0.224 e. The van der Waals surface area contributed by atoms with Gasteiger partial charge >= 0.3 is 0 Å². The number of aryl methyl sites for hydroxylation is 2. The minimum absolute atomic E-state index is 0.0571. The molecule has 1 amide bonds. The van der Waals surface area contributed by atoms with Gasteiger partial charge in [-0.05, 0) is 33.4 Å². The van der Waals surface area contributed by atoms with Crippen LogP contribution in [-0.2, 0) is 14.6 Å². The van der Waals surface area contributed by atoms with E-state index in [2.05, 4.69) is 11.2 Å². The number of hydrogen-bond acceptors (Lipinski definition) is 5. The van der Waals surface area contributed by atoms with Gasteiger partial charge in [-0.25, -0.2) is 8.42 Å². The van der Waals surface area contributed by atoms with Crippen LogP contribution >= 0.6 is 0 Å². The van der Waals surface area contributed by atoms with E-state index in [0.29, 0.717) is 32.5 Å². The fourth-order valence-electron chi connectivity index (χ4n) is 3.57. The van der Waals surface area contributed by atoms with E-state index in [9.17, 15) is 13.2 Å². The highest BCUT2D eigenvalue weighted by Crippen LogP contribution is 2.23. The fourth-order valence-corrected chi connectivity index (χ4v) is 5.37. The van der Waals surface area contributed by atoms with E-state index in [0.717, 1.165) is 11.4 Å². The Hall–Kier alpha value is -1.41. The Bertz CT molecular complexity index is 722. The van der Waals surface area contributed by atoms with Crippen molar-refractivity contribution in [3.63, 3.8) is 0 Å². The minimum Gasteiger partial charge on any atom is -0.338 e. The average Bonchev–Trinajstić information content (AvgIpc) is 2.97. The maximum absolute atomic E-state index is 12.3. The van der Waals surface area contributed by atoms with Crippen LogP contribution in [0.1, 0.15) is 30.3 Å². The number of nitrogens with zero attached hydrogens (tertiary/aromatic N) is 4. The van der Waals surface area contributed by atoms with Crippen LogP contribution in [-0.4, -0.2) is 78.1 Å². The zero-order valence-electron chi connectivity index (χ0n) is 14.6. The van der Waals surface area contributed by atoms with Crippen molar-refractivity contribution in [2.45, 2.75) is 38.8 Å². The molecular formula is C16H26N4O3S. The second-order valence-corrected chi connectivity index (χ2v) is 9.34. The lowest BCUT2D eigenvalue weighted by Gasteiger charge is -2.40. The number of sulfone groups is 1. The minimum atomic E-state index is -2.88. The molecule has 1 unspecified atom stereocenters. The Morgan fingerprint density at radius 2 is 2.08 bits per heavy atom. The van der Waals surface area contributed by atoms with E-state index in [-0.39, 0.29) is 29.5 Å². The lowest BCUT2D eigenvalue weighted by atomic mass is 10.1. The summed E-state index contributed by atoms with van der Waals surface area (Å²) >= 11 is 0. The van der Waals surface area contributed by atoms with Gasteiger partial charge in [-0.1, -0.05) is 0 Å². The molecule has 1 aromatic rings. The van der Waals surface area contributed by atoms with Crippen LogP contribution in [0, 0.1) is 13.8 Å². The van der Waals surface area contributed by atoms with Gasteiger partial charge in [0.05, 0.1) is 23.2 Å². The Morgan fingerprint density at radius 1 is 1.38 bits per heavy atom. The zero-order valence-corrected chi connectivity index (χ0v) is 15.4. The van der Waals surface area contributed by atoms with Crippen LogP contribution in [0.2, 0.25) is 0 Å². The third kappa shape index (κ3) is 3.64. The number of carbonyl (C=O) groups excluding carboxylic acids is 1. The van der Waals surface area contributed by atoms with Crippen molar-refractivity contribution in [3.8, 4) is 0 Å². The number of likely N-dealkylation sites (tertiary alicyclic amines) is 1. The molecular weight excluding hydrogens is 328 g/mol. The summed E-state index contributed by atoms with van der Waals surface area (Å²) in [7, 11) is -0.965. The monoisotopic (exact) mass is 354 g/mol. The molecule has 0 saturated carbocycles. The predicted octanol–water partition coefficient (Wildman–Crippen LogP) is 0.392. The van der Waals surface area contributed by atoms with Crippen LogP contribution in [0.25, 0.3) is 0 Å². The molecule has 7 nitrogen and oxygen atoms in total. The third-order valence-corrected chi connectivity index (χ3v) is 6.87. The second-order valence-electron chi connectivity index (χ2n) is 7.11. The molecule has 0 aromatic carbocycles. The average molecular weight is 354 g/mol. The molecule has 1 aromatic heterocycles. The summed E-state index contributed by atoms with van der Waals surface area (Å²) in [5, 5.41) is 4.48. The van der Waals surface area contributed by atoms with E-state index in [4.69, 9.17) is 0 Å². The maximum atomic E-state index is 12.3. The summed E-state index contributed by atoms with van der Waals surface area (Å²) in [4.78, 5) is 16.2. The Kier molecular flexibility index (Phi) is 4.70. The molecule has 3 rings (SSSR count). The van der Waals surface area contributed by atoms with Gasteiger partial charge in [-0.2, -0.15) is 5.10 Å². The van der Waals surface area contributed by atoms with Gasteiger partial charge in [-0.15, -0.1) is 0 Å². The highest BCUT2D eigenvalue weighted by Gasteiger charge is 2.34. The van der Waals surface area contributed by atoms with Crippen molar-refractivity contribution in [1.29, 1.82) is 0 Å². The molecule has 1 atom stereocenters. The zero-order chi connectivity index (χ0) is 17.5. The molecule has 2 aliphatic rings. The summed E-state index contributed by atoms with van der Waals surface area (Å²) in [5.41, 5.74) is 2.14. The van der Waals surface area contributed by atoms with Crippen molar-refractivity contribution in [2.75, 3.05) is 38.2 Å². The molecule has 0 aliphatic carbocycles. The normalized spacial score (nSPS) is 23.7. The summed E-state index contributed by atoms with van der Waals surface area (Å²) in [6.07, 6.45) is 1.12. The van der Waals surface area contributed by atoms with Gasteiger partial charge in [0.25, 0.3) is 0 Å². The van der Waals surface area contributed by atoms with Crippen molar-refractivity contribution in [1.82, 2.24) is 19.6 Å². The first kappa shape index (κ1) is 17.4. The van der Waals surface area contributed by atoms with Crippen LogP contribution in [0.4, 0.5) is 0 Å². The standard InChI is InChI=1S/C16H26N4O3S/c1-12-8-13(2)20(17-12)15-9-19(10-15)16(21)4-6-18(3)14-5-7-24(22,23)11-14/h8,14-15H,4-7,9-11H2,1-3H3. The smallest absolute Gasteiger partial charge is 0.224 e. The first-order valence-corrected chi connectivity index (χ1v) is 10.3. The second kappa shape index (κ2) is 6.48. The number of aromatic nitrogens is 2. The first-order chi connectivity index (χ1) is 11.2. The molecule has 3 heterocycles. The van der Waals surface area contributed by atoms with Gasteiger partial charge in [0.1, 0.15) is 0 Å². The Labute approximate surface area is 143 Å². The topological polar surface area (TPSA) is 75.5 Å². The number of carbonyl (C=O) groups is 1. The summed E-state index contributed by atoms with van der Waals surface area (Å²) in [6.45, 7) is 6.05. The first-order valence-electron chi connectivity index (χ1n) is 8.46. The van der Waals surface area contributed by atoms with Crippen LogP contribution < -0.4 is 0 Å². The van der Waals surface area contributed by atoms with Gasteiger partial charge < -0.3 is 9.80 Å². The van der Waals surface area contributed by atoms with Crippen molar-refractivity contribution in [2.24, 2.45) is 0 Å². The van der Waals surface area contributed by atoms with Crippen molar-refractivity contribution >= 4 is 15.7 Å². The highest BCUT2D eigenvalue weighted by molar-refractivity contribution is 7.91. The van der Waals surface area contributed by atoms with E-state index < -0.39 is 9.84 Å². The molecule has 24 heavy (non-hydrogen) atoms. The predicted molar refractivity (Wildman–Crippen MR) is 91.6 cm³/mol. The van der Waals surface area contributed by atoms with Crippen molar-refractivity contribution < 1.29 is 13.2 Å². The molecule has 2 saturated heterocycles. The van der Waals surface area contributed by atoms with Gasteiger partial charge in [-0.3, -0.25) is 9.48 Å². The molecule has 2 fully saturated rings. The number of hydrogen-bond donors (Lipinski definition) is 0. The summed E-state index contributed by atoms with van der Waals surface area (Å²) in [6, 6.07) is 2.39. The number of rotatable bonds is 5. The fraction of sp³-hybridized carbons (Fsp3) is 0.750. The SMILES string of the molecule is Cc1cc(C)n(C2CN(C(=O)CCN(C)C3CCS(=O)(=O)C3)C2)n1. The van der Waals surface area contributed by atoms with Crippen LogP contribution in [0.5, 0.6) is 0 Å². The Morgan fingerprint density at radius 3 is 2.62 bits per heavy atom. The lowest BCUT2D eigenvalue weighted by Crippen LogP contribution is -2.51. The van der Waals surface area contributed by atoms with Gasteiger partial charge in [0.2, 0.25) is 5.91 Å².